The number of phenols is 1. The largest absolute Gasteiger partial charge is 0.504 e. The summed E-state index contributed by atoms with van der Waals surface area (Å²) in [5, 5.41) is 22.8. The van der Waals surface area contributed by atoms with Gasteiger partial charge in [-0.3, -0.25) is 4.90 Å². The molecule has 2 bridgehead atoms. The van der Waals surface area contributed by atoms with Gasteiger partial charge in [0.15, 0.2) is 11.5 Å². The molecule has 1 heterocycles. The van der Waals surface area contributed by atoms with Gasteiger partial charge in [0.2, 0.25) is 0 Å². The number of benzene rings is 1. The van der Waals surface area contributed by atoms with E-state index in [1.807, 2.05) is 6.07 Å². The Morgan fingerprint density at radius 3 is 2.74 bits per heavy atom. The monoisotopic (exact) mass is 372 g/mol. The summed E-state index contributed by atoms with van der Waals surface area (Å²) in [6, 6.07) is 3.96. The maximum absolute atomic E-state index is 12.3. The molecule has 148 valence electrons. The third-order valence-corrected chi connectivity index (χ3v) is 8.31. The van der Waals surface area contributed by atoms with Gasteiger partial charge in [-0.05, 0) is 68.5 Å². The van der Waals surface area contributed by atoms with Crippen molar-refractivity contribution in [2.75, 3.05) is 20.2 Å². The lowest BCUT2D eigenvalue weighted by molar-refractivity contribution is -0.187. The van der Waals surface area contributed by atoms with Crippen molar-refractivity contribution < 1.29 is 14.9 Å². The smallest absolute Gasteiger partial charge is 0.164 e. The molecular weight excluding hydrogens is 340 g/mol. The van der Waals surface area contributed by atoms with Crippen LogP contribution < -0.4 is 10.5 Å². The SMILES string of the molecule is COc1c(O)ccc2c1[C@]13CCN(CC4CC4)[C@H](C2)[C@]1(O)CC[C@@H](N)C3C. The minimum absolute atomic E-state index is 0.0545. The number of hydrogen-bond acceptors (Lipinski definition) is 5. The second-order valence-electron chi connectivity index (χ2n) is 9.45. The van der Waals surface area contributed by atoms with Crippen molar-refractivity contribution in [3.05, 3.63) is 23.3 Å². The van der Waals surface area contributed by atoms with E-state index in [9.17, 15) is 10.2 Å². The van der Waals surface area contributed by atoms with Gasteiger partial charge in [0.05, 0.1) is 12.7 Å². The van der Waals surface area contributed by atoms with Crippen LogP contribution in [0.3, 0.4) is 0 Å². The molecule has 5 atom stereocenters. The number of phenolic OH excluding ortho intramolecular Hbond substituents is 1. The van der Waals surface area contributed by atoms with Gasteiger partial charge in [-0.2, -0.15) is 0 Å². The van der Waals surface area contributed by atoms with Gasteiger partial charge in [0.25, 0.3) is 0 Å². The minimum atomic E-state index is -0.816. The average Bonchev–Trinajstić information content (AvgIpc) is 3.46. The van der Waals surface area contributed by atoms with Crippen LogP contribution in [0, 0.1) is 11.8 Å². The summed E-state index contributed by atoms with van der Waals surface area (Å²) < 4.78 is 5.69. The first-order chi connectivity index (χ1) is 12.9. The van der Waals surface area contributed by atoms with Crippen molar-refractivity contribution in [1.29, 1.82) is 0 Å². The van der Waals surface area contributed by atoms with E-state index in [2.05, 4.69) is 11.8 Å². The number of piperidine rings is 1. The van der Waals surface area contributed by atoms with Crippen LogP contribution in [0.5, 0.6) is 11.5 Å². The molecule has 0 spiro atoms. The van der Waals surface area contributed by atoms with E-state index < -0.39 is 11.0 Å². The molecule has 3 fully saturated rings. The predicted molar refractivity (Wildman–Crippen MR) is 104 cm³/mol. The number of ether oxygens (including phenoxy) is 1. The predicted octanol–water partition coefficient (Wildman–Crippen LogP) is 2.17. The Kier molecular flexibility index (Phi) is 3.85. The quantitative estimate of drug-likeness (QED) is 0.758. The van der Waals surface area contributed by atoms with Crippen molar-refractivity contribution in [2.24, 2.45) is 17.6 Å². The first-order valence-electron chi connectivity index (χ1n) is 10.5. The van der Waals surface area contributed by atoms with Crippen molar-refractivity contribution in [3.8, 4) is 11.5 Å². The van der Waals surface area contributed by atoms with E-state index >= 15 is 0 Å². The van der Waals surface area contributed by atoms with E-state index in [1.54, 1.807) is 13.2 Å². The van der Waals surface area contributed by atoms with Crippen molar-refractivity contribution in [2.45, 2.75) is 68.5 Å². The fraction of sp³-hybridized carbons (Fsp3) is 0.727. The number of nitrogens with two attached hydrogens (primary N) is 1. The summed E-state index contributed by atoms with van der Waals surface area (Å²) >= 11 is 0. The first-order valence-corrected chi connectivity index (χ1v) is 10.5. The molecule has 2 saturated carbocycles. The van der Waals surface area contributed by atoms with Gasteiger partial charge >= 0.3 is 0 Å². The number of methoxy groups -OCH3 is 1. The Morgan fingerprint density at radius 2 is 2.04 bits per heavy atom. The zero-order valence-electron chi connectivity index (χ0n) is 16.4. The third kappa shape index (κ3) is 2.22. The Balaban J connectivity index is 1.72. The fourth-order valence-corrected chi connectivity index (χ4v) is 6.71. The summed E-state index contributed by atoms with van der Waals surface area (Å²) in [7, 11) is 1.62. The molecule has 1 aliphatic heterocycles. The van der Waals surface area contributed by atoms with Crippen LogP contribution in [0.25, 0.3) is 0 Å². The average molecular weight is 373 g/mol. The van der Waals surface area contributed by atoms with Crippen LogP contribution in [-0.2, 0) is 11.8 Å². The van der Waals surface area contributed by atoms with Crippen molar-refractivity contribution in [1.82, 2.24) is 4.90 Å². The highest BCUT2D eigenvalue weighted by molar-refractivity contribution is 5.59. The normalized spacial score (nSPS) is 41.0. The van der Waals surface area contributed by atoms with Crippen LogP contribution in [0.15, 0.2) is 12.1 Å². The Hall–Kier alpha value is -1.30. The molecule has 5 rings (SSSR count). The van der Waals surface area contributed by atoms with Gasteiger partial charge in [-0.1, -0.05) is 13.0 Å². The van der Waals surface area contributed by atoms with Crippen LogP contribution in [0.1, 0.15) is 50.2 Å². The number of nitrogens with zero attached hydrogens (tertiary/aromatic N) is 1. The topological polar surface area (TPSA) is 79.0 Å². The molecule has 4 N–H and O–H groups in total. The molecule has 1 unspecified atom stereocenters. The zero-order chi connectivity index (χ0) is 19.0. The lowest BCUT2D eigenvalue weighted by Gasteiger charge is -2.67. The second-order valence-corrected chi connectivity index (χ2v) is 9.45. The van der Waals surface area contributed by atoms with E-state index in [-0.39, 0.29) is 23.8 Å². The number of hydrogen-bond donors (Lipinski definition) is 3. The molecule has 27 heavy (non-hydrogen) atoms. The number of aliphatic hydroxyl groups is 1. The second kappa shape index (κ2) is 5.85. The Morgan fingerprint density at radius 1 is 1.26 bits per heavy atom. The van der Waals surface area contributed by atoms with Gasteiger partial charge in [0, 0.05) is 29.6 Å². The van der Waals surface area contributed by atoms with E-state index in [0.29, 0.717) is 5.75 Å². The zero-order valence-corrected chi connectivity index (χ0v) is 16.4. The highest BCUT2D eigenvalue weighted by atomic mass is 16.5. The number of aromatic hydroxyl groups is 1. The third-order valence-electron chi connectivity index (χ3n) is 8.31. The lowest BCUT2D eigenvalue weighted by atomic mass is 9.45. The highest BCUT2D eigenvalue weighted by Crippen LogP contribution is 2.63. The van der Waals surface area contributed by atoms with E-state index in [0.717, 1.165) is 50.3 Å². The molecular formula is C22H32N2O3. The first kappa shape index (κ1) is 17.8. The molecule has 1 saturated heterocycles. The summed E-state index contributed by atoms with van der Waals surface area (Å²) in [6.07, 6.45) is 5.91. The number of fused-ring (bicyclic) bond motifs is 1. The number of likely N-dealkylation sites (tertiary alicyclic amines) is 1. The molecule has 5 heteroatoms. The highest BCUT2D eigenvalue weighted by Gasteiger charge is 2.68. The van der Waals surface area contributed by atoms with Crippen LogP contribution in [-0.4, -0.2) is 53.0 Å². The molecule has 0 aromatic heterocycles. The molecule has 3 aliphatic carbocycles. The summed E-state index contributed by atoms with van der Waals surface area (Å²) in [5.41, 5.74) is 7.53. The van der Waals surface area contributed by atoms with Crippen LogP contribution in [0.2, 0.25) is 0 Å². The fourth-order valence-electron chi connectivity index (χ4n) is 6.71. The molecule has 1 aromatic rings. The minimum Gasteiger partial charge on any atom is -0.504 e. The molecule has 0 amide bonds. The maximum Gasteiger partial charge on any atom is 0.164 e. The number of rotatable bonds is 3. The van der Waals surface area contributed by atoms with Crippen LogP contribution in [0.4, 0.5) is 0 Å². The van der Waals surface area contributed by atoms with Gasteiger partial charge in [0.1, 0.15) is 0 Å². The van der Waals surface area contributed by atoms with E-state index in [4.69, 9.17) is 10.5 Å². The van der Waals surface area contributed by atoms with Crippen molar-refractivity contribution >= 4 is 0 Å². The molecule has 5 nitrogen and oxygen atoms in total. The van der Waals surface area contributed by atoms with Crippen LogP contribution >= 0.6 is 0 Å². The molecule has 0 radical (unpaired) electrons. The van der Waals surface area contributed by atoms with E-state index in [1.165, 1.54) is 18.4 Å². The Labute approximate surface area is 161 Å². The summed E-state index contributed by atoms with van der Waals surface area (Å²) in [5.74, 6) is 1.65. The molecule has 1 aromatic carbocycles. The lowest BCUT2D eigenvalue weighted by Crippen LogP contribution is -2.76. The Bertz CT molecular complexity index is 764. The molecule has 4 aliphatic rings. The standard InChI is InChI=1S/C22H32N2O3/c1-13-16(23)7-8-22(26)18-11-15-5-6-17(25)20(27-2)19(15)21(13,22)9-10-24(18)12-14-3-4-14/h5-6,13-14,16,18,25-26H,3-4,7-12,23H2,1-2H3/t13?,16-,18-,21-,22-/m1/s1. The summed E-state index contributed by atoms with van der Waals surface area (Å²) in [6.45, 7) is 4.29. The van der Waals surface area contributed by atoms with Gasteiger partial charge < -0.3 is 20.7 Å². The van der Waals surface area contributed by atoms with Gasteiger partial charge in [-0.15, -0.1) is 0 Å². The van der Waals surface area contributed by atoms with Crippen molar-refractivity contribution in [3.63, 3.8) is 0 Å². The van der Waals surface area contributed by atoms with Gasteiger partial charge in [-0.25, -0.2) is 0 Å². The maximum atomic E-state index is 12.3. The summed E-state index contributed by atoms with van der Waals surface area (Å²) in [4.78, 5) is 2.56.